The molecule has 1 unspecified atom stereocenters. The summed E-state index contributed by atoms with van der Waals surface area (Å²) in [6, 6.07) is 3.64. The van der Waals surface area contributed by atoms with E-state index < -0.39 is 5.82 Å². The van der Waals surface area contributed by atoms with Crippen LogP contribution in [0.3, 0.4) is 0 Å². The molecule has 1 fully saturated rings. The average Bonchev–Trinajstić information content (AvgIpc) is 2.76. The van der Waals surface area contributed by atoms with Crippen LogP contribution in [0.1, 0.15) is 23.2 Å². The minimum absolute atomic E-state index is 0.159. The third kappa shape index (κ3) is 2.44. The van der Waals surface area contributed by atoms with E-state index >= 15 is 0 Å². The van der Waals surface area contributed by atoms with Crippen molar-refractivity contribution in [2.75, 3.05) is 11.9 Å². The number of nitrogens with zero attached hydrogens (tertiary/aromatic N) is 1. The largest absolute Gasteiger partial charge is 0.507 e. The Labute approximate surface area is 107 Å². The molecule has 0 aliphatic carbocycles. The summed E-state index contributed by atoms with van der Waals surface area (Å²) in [6.45, 7) is 0.686. The van der Waals surface area contributed by atoms with Gasteiger partial charge in [0.15, 0.2) is 0 Å². The summed E-state index contributed by atoms with van der Waals surface area (Å²) < 4.78 is 12.8. The van der Waals surface area contributed by atoms with E-state index in [0.29, 0.717) is 6.54 Å². The molecule has 0 spiro atoms. The van der Waals surface area contributed by atoms with Crippen LogP contribution in [0.2, 0.25) is 0 Å². The fraction of sp³-hybridized carbons (Fsp3) is 0.417. The lowest BCUT2D eigenvalue weighted by Gasteiger charge is -2.23. The Kier molecular flexibility index (Phi) is 3.66. The van der Waals surface area contributed by atoms with E-state index in [1.54, 1.807) is 4.90 Å². The highest BCUT2D eigenvalue weighted by atomic mass is 79.9. The van der Waals surface area contributed by atoms with Crippen molar-refractivity contribution in [3.8, 4) is 5.75 Å². The van der Waals surface area contributed by atoms with Gasteiger partial charge in [-0.1, -0.05) is 15.9 Å². The number of amides is 1. The Balaban J connectivity index is 2.24. The first-order valence-corrected chi connectivity index (χ1v) is 6.61. The molecule has 3 nitrogen and oxygen atoms in total. The van der Waals surface area contributed by atoms with Crippen molar-refractivity contribution in [3.05, 3.63) is 29.6 Å². The van der Waals surface area contributed by atoms with Crippen LogP contribution in [-0.4, -0.2) is 33.8 Å². The van der Waals surface area contributed by atoms with Crippen molar-refractivity contribution in [2.45, 2.75) is 18.9 Å². The molecule has 1 heterocycles. The van der Waals surface area contributed by atoms with Crippen molar-refractivity contribution in [2.24, 2.45) is 0 Å². The molecular formula is C12H13BrFNO2. The number of phenolic OH excluding ortho intramolecular Hbond substituents is 1. The molecule has 1 aliphatic rings. The number of likely N-dealkylation sites (tertiary alicyclic amines) is 1. The molecule has 1 aromatic rings. The van der Waals surface area contributed by atoms with Gasteiger partial charge >= 0.3 is 0 Å². The molecule has 1 aliphatic heterocycles. The SMILES string of the molecule is O=C(c1ccc(F)cc1O)N1CCCC1CBr. The number of hydrogen-bond donors (Lipinski definition) is 1. The molecular weight excluding hydrogens is 289 g/mol. The zero-order chi connectivity index (χ0) is 12.4. The smallest absolute Gasteiger partial charge is 0.257 e. The lowest BCUT2D eigenvalue weighted by atomic mass is 10.1. The lowest BCUT2D eigenvalue weighted by Crippen LogP contribution is -2.36. The van der Waals surface area contributed by atoms with E-state index in [1.807, 2.05) is 0 Å². The fourth-order valence-electron chi connectivity index (χ4n) is 2.10. The number of alkyl halides is 1. The van der Waals surface area contributed by atoms with Gasteiger partial charge in [0, 0.05) is 24.0 Å². The molecule has 1 amide bonds. The predicted molar refractivity (Wildman–Crippen MR) is 65.9 cm³/mol. The summed E-state index contributed by atoms with van der Waals surface area (Å²) in [5.41, 5.74) is 0.166. The number of carbonyl (C=O) groups excluding carboxylic acids is 1. The molecule has 0 saturated carbocycles. The summed E-state index contributed by atoms with van der Waals surface area (Å²) in [6.07, 6.45) is 1.92. The maximum absolute atomic E-state index is 12.8. The van der Waals surface area contributed by atoms with Gasteiger partial charge in [0.25, 0.3) is 5.91 Å². The minimum atomic E-state index is -0.544. The maximum atomic E-state index is 12.8. The Morgan fingerprint density at radius 1 is 1.59 bits per heavy atom. The zero-order valence-corrected chi connectivity index (χ0v) is 10.8. The highest BCUT2D eigenvalue weighted by Gasteiger charge is 2.29. The topological polar surface area (TPSA) is 40.5 Å². The summed E-state index contributed by atoms with van der Waals surface area (Å²) in [5, 5.41) is 10.3. The van der Waals surface area contributed by atoms with Gasteiger partial charge < -0.3 is 10.0 Å². The quantitative estimate of drug-likeness (QED) is 0.853. The molecule has 0 radical (unpaired) electrons. The number of benzene rings is 1. The highest BCUT2D eigenvalue weighted by molar-refractivity contribution is 9.09. The molecule has 1 N–H and O–H groups in total. The van der Waals surface area contributed by atoms with Crippen molar-refractivity contribution in [1.82, 2.24) is 4.90 Å². The highest BCUT2D eigenvalue weighted by Crippen LogP contribution is 2.25. The first-order valence-electron chi connectivity index (χ1n) is 5.49. The van der Waals surface area contributed by atoms with Crippen LogP contribution in [0.25, 0.3) is 0 Å². The van der Waals surface area contributed by atoms with Crippen LogP contribution in [0.4, 0.5) is 4.39 Å². The van der Waals surface area contributed by atoms with Gasteiger partial charge in [-0.05, 0) is 25.0 Å². The van der Waals surface area contributed by atoms with Crippen LogP contribution in [-0.2, 0) is 0 Å². The van der Waals surface area contributed by atoms with Gasteiger partial charge in [-0.15, -0.1) is 0 Å². The number of carbonyl (C=O) groups is 1. The first kappa shape index (κ1) is 12.4. The molecule has 92 valence electrons. The molecule has 1 saturated heterocycles. The number of rotatable bonds is 2. The van der Waals surface area contributed by atoms with Crippen molar-refractivity contribution >= 4 is 21.8 Å². The molecule has 0 aromatic heterocycles. The summed E-state index contributed by atoms with van der Waals surface area (Å²) in [4.78, 5) is 13.9. The Morgan fingerprint density at radius 2 is 2.35 bits per heavy atom. The summed E-state index contributed by atoms with van der Waals surface area (Å²) in [5.74, 6) is -1.07. The number of halogens is 2. The normalized spacial score (nSPS) is 19.6. The average molecular weight is 302 g/mol. The predicted octanol–water partition coefficient (Wildman–Crippen LogP) is 2.53. The zero-order valence-electron chi connectivity index (χ0n) is 9.20. The lowest BCUT2D eigenvalue weighted by molar-refractivity contribution is 0.0747. The van der Waals surface area contributed by atoms with Gasteiger partial charge in [0.1, 0.15) is 11.6 Å². The molecule has 1 atom stereocenters. The Morgan fingerprint density at radius 3 is 3.00 bits per heavy atom. The monoisotopic (exact) mass is 301 g/mol. The van der Waals surface area contributed by atoms with Crippen molar-refractivity contribution in [1.29, 1.82) is 0 Å². The molecule has 2 rings (SSSR count). The minimum Gasteiger partial charge on any atom is -0.507 e. The number of phenols is 1. The van der Waals surface area contributed by atoms with Gasteiger partial charge in [0.05, 0.1) is 5.56 Å². The Hall–Kier alpha value is -1.10. The molecule has 0 bridgehead atoms. The molecule has 5 heteroatoms. The second kappa shape index (κ2) is 5.04. The van der Waals surface area contributed by atoms with E-state index in [-0.39, 0.29) is 23.3 Å². The van der Waals surface area contributed by atoms with Crippen LogP contribution in [0, 0.1) is 5.82 Å². The number of hydrogen-bond acceptors (Lipinski definition) is 2. The van der Waals surface area contributed by atoms with E-state index in [9.17, 15) is 14.3 Å². The molecule has 17 heavy (non-hydrogen) atoms. The van der Waals surface area contributed by atoms with Crippen LogP contribution in [0.5, 0.6) is 5.75 Å². The van der Waals surface area contributed by atoms with Crippen molar-refractivity contribution in [3.63, 3.8) is 0 Å². The van der Waals surface area contributed by atoms with Crippen LogP contribution >= 0.6 is 15.9 Å². The Bertz CT molecular complexity index is 439. The third-order valence-electron chi connectivity index (χ3n) is 3.01. The van der Waals surface area contributed by atoms with Gasteiger partial charge in [0.2, 0.25) is 0 Å². The van der Waals surface area contributed by atoms with Gasteiger partial charge in [-0.2, -0.15) is 0 Å². The standard InChI is InChI=1S/C12H13BrFNO2/c13-7-9-2-1-5-15(9)12(17)10-4-3-8(14)6-11(10)16/h3-4,6,9,16H,1-2,5,7H2. The first-order chi connectivity index (χ1) is 8.13. The van der Waals surface area contributed by atoms with E-state index in [1.165, 1.54) is 12.1 Å². The van der Waals surface area contributed by atoms with Crippen LogP contribution < -0.4 is 0 Å². The second-order valence-electron chi connectivity index (χ2n) is 4.11. The van der Waals surface area contributed by atoms with Gasteiger partial charge in [-0.3, -0.25) is 4.79 Å². The third-order valence-corrected chi connectivity index (χ3v) is 3.75. The van der Waals surface area contributed by atoms with Crippen molar-refractivity contribution < 1.29 is 14.3 Å². The number of aromatic hydroxyl groups is 1. The summed E-state index contributed by atoms with van der Waals surface area (Å²) >= 11 is 3.37. The maximum Gasteiger partial charge on any atom is 0.257 e. The van der Waals surface area contributed by atoms with Crippen LogP contribution in [0.15, 0.2) is 18.2 Å². The van der Waals surface area contributed by atoms with Gasteiger partial charge in [-0.25, -0.2) is 4.39 Å². The second-order valence-corrected chi connectivity index (χ2v) is 4.76. The molecule has 1 aromatic carbocycles. The fourth-order valence-corrected chi connectivity index (χ4v) is 2.78. The summed E-state index contributed by atoms with van der Waals surface area (Å²) in [7, 11) is 0. The van der Waals surface area contributed by atoms with E-state index in [4.69, 9.17) is 0 Å². The van der Waals surface area contributed by atoms with E-state index in [0.717, 1.165) is 24.2 Å². The van der Waals surface area contributed by atoms with E-state index in [2.05, 4.69) is 15.9 Å².